The van der Waals surface area contributed by atoms with Gasteiger partial charge in [-0.2, -0.15) is 8.42 Å². The SMILES string of the molecule is CCCCCCCCC[N+](C)(C(C)(C)CCO)C(CCO)(CCCS(=O)(=O)O)C(=O)O. The Bertz CT molecular complexity index is 623. The Morgan fingerprint density at radius 2 is 1.39 bits per heavy atom. The van der Waals surface area contributed by atoms with E-state index in [1.54, 1.807) is 0 Å². The van der Waals surface area contributed by atoms with Crippen LogP contribution in [0.4, 0.5) is 0 Å². The fraction of sp³-hybridized carbons (Fsp3) is 0.955. The molecule has 4 N–H and O–H groups in total. The van der Waals surface area contributed by atoms with E-state index >= 15 is 0 Å². The lowest BCUT2D eigenvalue weighted by molar-refractivity contribution is -0.994. The van der Waals surface area contributed by atoms with Crippen molar-refractivity contribution in [3.8, 4) is 0 Å². The van der Waals surface area contributed by atoms with Gasteiger partial charge in [0.15, 0.2) is 5.54 Å². The van der Waals surface area contributed by atoms with Gasteiger partial charge in [0.25, 0.3) is 10.1 Å². The topological polar surface area (TPSA) is 132 Å². The average molecular weight is 469 g/mol. The van der Waals surface area contributed by atoms with Gasteiger partial charge in [0.05, 0.1) is 24.9 Å². The molecule has 0 rings (SSSR count). The zero-order valence-corrected chi connectivity index (χ0v) is 20.8. The Labute approximate surface area is 189 Å². The molecular weight excluding hydrogens is 422 g/mol. The largest absolute Gasteiger partial charge is 0.477 e. The molecule has 0 aliphatic heterocycles. The number of unbranched alkanes of at least 4 members (excludes halogenated alkanes) is 6. The summed E-state index contributed by atoms with van der Waals surface area (Å²) < 4.78 is 31.7. The van der Waals surface area contributed by atoms with Crippen molar-refractivity contribution in [3.05, 3.63) is 0 Å². The van der Waals surface area contributed by atoms with E-state index in [0.29, 0.717) is 13.0 Å². The Morgan fingerprint density at radius 3 is 1.84 bits per heavy atom. The van der Waals surface area contributed by atoms with E-state index < -0.39 is 32.9 Å². The Morgan fingerprint density at radius 1 is 0.871 bits per heavy atom. The van der Waals surface area contributed by atoms with Crippen LogP contribution in [0.15, 0.2) is 0 Å². The fourth-order valence-electron chi connectivity index (χ4n) is 4.78. The van der Waals surface area contributed by atoms with Crippen LogP contribution < -0.4 is 0 Å². The van der Waals surface area contributed by atoms with Gasteiger partial charge in [0, 0.05) is 32.5 Å². The first kappa shape index (κ1) is 30.3. The van der Waals surface area contributed by atoms with Crippen LogP contribution in [0.5, 0.6) is 0 Å². The lowest BCUT2D eigenvalue weighted by Crippen LogP contribution is -2.74. The van der Waals surface area contributed by atoms with E-state index in [1.807, 2.05) is 20.9 Å². The van der Waals surface area contributed by atoms with Crippen molar-refractivity contribution in [2.24, 2.45) is 0 Å². The zero-order chi connectivity index (χ0) is 24.2. The number of nitrogens with zero attached hydrogens (tertiary/aromatic N) is 1. The number of carboxylic acids is 1. The highest BCUT2D eigenvalue weighted by atomic mass is 32.2. The number of rotatable bonds is 19. The third-order valence-electron chi connectivity index (χ3n) is 7.13. The summed E-state index contributed by atoms with van der Waals surface area (Å²) in [5, 5.41) is 29.8. The molecule has 0 aromatic heterocycles. The van der Waals surface area contributed by atoms with E-state index in [0.717, 1.165) is 25.7 Å². The molecule has 0 spiro atoms. The molecule has 0 fully saturated rings. The summed E-state index contributed by atoms with van der Waals surface area (Å²) in [5.74, 6) is -1.61. The molecule has 186 valence electrons. The number of likely N-dealkylation sites (N-methyl/N-ethyl adjacent to an activating group) is 1. The highest BCUT2D eigenvalue weighted by molar-refractivity contribution is 7.85. The molecule has 0 aliphatic rings. The smallest absolute Gasteiger partial charge is 0.365 e. The van der Waals surface area contributed by atoms with E-state index in [-0.39, 0.29) is 37.0 Å². The van der Waals surface area contributed by atoms with E-state index in [9.17, 15) is 28.5 Å². The van der Waals surface area contributed by atoms with Crippen molar-refractivity contribution in [3.63, 3.8) is 0 Å². The van der Waals surface area contributed by atoms with E-state index in [2.05, 4.69) is 6.92 Å². The van der Waals surface area contributed by atoms with Crippen LogP contribution >= 0.6 is 0 Å². The molecule has 2 atom stereocenters. The zero-order valence-electron chi connectivity index (χ0n) is 20.0. The summed E-state index contributed by atoms with van der Waals surface area (Å²) in [6.07, 6.45) is 7.89. The lowest BCUT2D eigenvalue weighted by atomic mass is 9.79. The third-order valence-corrected chi connectivity index (χ3v) is 7.93. The second kappa shape index (κ2) is 13.7. The maximum Gasteiger partial charge on any atom is 0.365 e. The van der Waals surface area contributed by atoms with Gasteiger partial charge in [-0.3, -0.25) is 4.55 Å². The molecule has 0 heterocycles. The first-order chi connectivity index (χ1) is 14.3. The molecule has 8 nitrogen and oxygen atoms in total. The summed E-state index contributed by atoms with van der Waals surface area (Å²) in [5.41, 5.74) is -2.05. The normalized spacial score (nSPS) is 16.6. The number of hydrogen-bond acceptors (Lipinski definition) is 5. The van der Waals surface area contributed by atoms with Crippen LogP contribution in [0.2, 0.25) is 0 Å². The van der Waals surface area contributed by atoms with Crippen LogP contribution in [0.25, 0.3) is 0 Å². The van der Waals surface area contributed by atoms with Crippen molar-refractivity contribution in [1.29, 1.82) is 0 Å². The monoisotopic (exact) mass is 468 g/mol. The molecule has 0 amide bonds. The summed E-state index contributed by atoms with van der Waals surface area (Å²) in [4.78, 5) is 12.7. The van der Waals surface area contributed by atoms with E-state index in [4.69, 9.17) is 4.55 Å². The van der Waals surface area contributed by atoms with Gasteiger partial charge < -0.3 is 19.8 Å². The quantitative estimate of drug-likeness (QED) is 0.130. The Kier molecular flexibility index (Phi) is 13.4. The molecule has 9 heteroatoms. The van der Waals surface area contributed by atoms with Crippen LogP contribution in [0.3, 0.4) is 0 Å². The maximum atomic E-state index is 12.7. The molecule has 0 bridgehead atoms. The van der Waals surface area contributed by atoms with Gasteiger partial charge in [-0.25, -0.2) is 4.79 Å². The number of aliphatic hydroxyl groups is 2. The van der Waals surface area contributed by atoms with Gasteiger partial charge >= 0.3 is 5.97 Å². The van der Waals surface area contributed by atoms with Crippen LogP contribution in [0.1, 0.15) is 91.4 Å². The highest BCUT2D eigenvalue weighted by Crippen LogP contribution is 2.42. The highest BCUT2D eigenvalue weighted by Gasteiger charge is 2.59. The number of quaternary nitrogens is 1. The summed E-state index contributed by atoms with van der Waals surface area (Å²) in [7, 11) is -2.36. The first-order valence-corrected chi connectivity index (χ1v) is 13.2. The summed E-state index contributed by atoms with van der Waals surface area (Å²) in [6.45, 7) is 6.10. The van der Waals surface area contributed by atoms with Crippen molar-refractivity contribution in [1.82, 2.24) is 0 Å². The standard InChI is InChI=1S/C22H45NO7S/c1-5-6-7-8-9-10-11-16-23(4,21(2,3)14-17-24)22(15-18-25,20(26)27)13-12-19-31(28,29)30/h24-25H,5-19H2,1-4H3,(H-,26,27,28,29,30)/p+1. The minimum atomic E-state index is -4.21. The van der Waals surface area contributed by atoms with E-state index in [1.165, 1.54) is 19.3 Å². The fourth-order valence-corrected chi connectivity index (χ4v) is 5.29. The number of aliphatic carboxylic acids is 1. The Hall–Kier alpha value is -0.740. The molecule has 0 aromatic carbocycles. The molecule has 0 saturated carbocycles. The second-order valence-corrected chi connectivity index (χ2v) is 11.1. The molecular formula is C22H46NO7S+. The number of carboxylic acid groups (broad SMARTS) is 1. The lowest BCUT2D eigenvalue weighted by Gasteiger charge is -2.57. The molecule has 0 radical (unpaired) electrons. The van der Waals surface area contributed by atoms with Crippen LogP contribution in [0, 0.1) is 0 Å². The van der Waals surface area contributed by atoms with Gasteiger partial charge in [-0.15, -0.1) is 0 Å². The summed E-state index contributed by atoms with van der Waals surface area (Å²) >= 11 is 0. The Balaban J connectivity index is 5.84. The number of aliphatic hydroxyl groups excluding tert-OH is 2. The van der Waals surface area contributed by atoms with Crippen LogP contribution in [-0.2, 0) is 14.9 Å². The van der Waals surface area contributed by atoms with Crippen molar-refractivity contribution >= 4 is 16.1 Å². The molecule has 0 aliphatic carbocycles. The van der Waals surface area contributed by atoms with Gasteiger partial charge in [-0.1, -0.05) is 39.0 Å². The minimum absolute atomic E-state index is 0.00451. The predicted octanol–water partition coefficient (Wildman–Crippen LogP) is 3.22. The van der Waals surface area contributed by atoms with Crippen molar-refractivity contribution in [2.45, 2.75) is 102 Å². The molecule has 0 aromatic rings. The first-order valence-electron chi connectivity index (χ1n) is 11.6. The average Bonchev–Trinajstić information content (AvgIpc) is 2.65. The van der Waals surface area contributed by atoms with Gasteiger partial charge in [0.2, 0.25) is 0 Å². The molecule has 2 unspecified atom stereocenters. The maximum absolute atomic E-state index is 12.7. The second-order valence-electron chi connectivity index (χ2n) is 9.52. The third kappa shape index (κ3) is 8.96. The van der Waals surface area contributed by atoms with Crippen LogP contribution in [-0.4, -0.2) is 82.4 Å². The number of carbonyl (C=O) groups is 1. The molecule has 0 saturated heterocycles. The van der Waals surface area contributed by atoms with Crippen molar-refractivity contribution < 1.29 is 37.6 Å². The van der Waals surface area contributed by atoms with Crippen molar-refractivity contribution in [2.75, 3.05) is 32.6 Å². The number of hydrogen-bond donors (Lipinski definition) is 4. The predicted molar refractivity (Wildman–Crippen MR) is 123 cm³/mol. The summed E-state index contributed by atoms with van der Waals surface area (Å²) in [6, 6.07) is 0. The minimum Gasteiger partial charge on any atom is -0.477 e. The molecule has 31 heavy (non-hydrogen) atoms. The van der Waals surface area contributed by atoms with Gasteiger partial charge in [-0.05, 0) is 33.1 Å². The van der Waals surface area contributed by atoms with Gasteiger partial charge in [0.1, 0.15) is 0 Å².